The van der Waals surface area contributed by atoms with Crippen molar-refractivity contribution in [3.05, 3.63) is 41.3 Å². The number of hydrogen-bond acceptors (Lipinski definition) is 6. The van der Waals surface area contributed by atoms with Crippen LogP contribution in [0.25, 0.3) is 0 Å². The van der Waals surface area contributed by atoms with E-state index < -0.39 is 5.82 Å². The minimum absolute atomic E-state index is 0. The average Bonchev–Trinajstić information content (AvgIpc) is 3.12. The number of aryl methyl sites for hydroxylation is 1. The van der Waals surface area contributed by atoms with Gasteiger partial charge in [0.1, 0.15) is 17.7 Å². The van der Waals surface area contributed by atoms with Crippen LogP contribution in [0.3, 0.4) is 0 Å². The maximum absolute atomic E-state index is 13.5. The first-order valence-electron chi connectivity index (χ1n) is 8.86. The summed E-state index contributed by atoms with van der Waals surface area (Å²) in [6.45, 7) is 3.03. The van der Waals surface area contributed by atoms with Crippen molar-refractivity contribution < 1.29 is 9.50 Å². The highest BCUT2D eigenvalue weighted by Crippen LogP contribution is 2.26. The smallest absolute Gasteiger partial charge is 0.229 e. The molecule has 2 aromatic rings. The van der Waals surface area contributed by atoms with Gasteiger partial charge in [-0.1, -0.05) is 13.3 Å². The predicted octanol–water partition coefficient (Wildman–Crippen LogP) is 3.57. The molecule has 1 aromatic heterocycles. The van der Waals surface area contributed by atoms with Crippen molar-refractivity contribution in [2.45, 2.75) is 38.6 Å². The largest absolute Gasteiger partial charge is 0.394 e. The number of aliphatic hydroxyl groups excluding tert-OH is 1. The second-order valence-corrected chi connectivity index (χ2v) is 6.39. The quantitative estimate of drug-likeness (QED) is 0.783. The Hall–Kier alpha value is -2.43. The zero-order valence-corrected chi connectivity index (χ0v) is 16.0. The minimum atomic E-state index is -0.553. The van der Waals surface area contributed by atoms with Crippen LogP contribution in [-0.4, -0.2) is 34.3 Å². The topological polar surface area (TPSA) is 85.1 Å². The van der Waals surface area contributed by atoms with Crippen molar-refractivity contribution in [3.63, 3.8) is 0 Å². The Kier molecular flexibility index (Phi) is 7.34. The van der Waals surface area contributed by atoms with Crippen molar-refractivity contribution in [1.82, 2.24) is 9.97 Å². The Balaban J connectivity index is 0.00000261. The molecule has 1 aromatic carbocycles. The summed E-state index contributed by atoms with van der Waals surface area (Å²) in [5.41, 5.74) is 1.44. The van der Waals surface area contributed by atoms with Gasteiger partial charge in [-0.3, -0.25) is 0 Å². The van der Waals surface area contributed by atoms with E-state index in [1.54, 1.807) is 6.07 Å². The number of anilines is 3. The zero-order valence-electron chi connectivity index (χ0n) is 15.2. The fourth-order valence-electron chi connectivity index (χ4n) is 3.22. The molecule has 0 aliphatic carbocycles. The standard InChI is InChI=1S/C19H22FN5O.ClH/c1-2-4-14-10-18(25-8-3-5-16(25)12-26)24-19(22-14)23-15-6-7-17(20)13(9-15)11-21;/h6-7,9-10,16,26H,2-5,8,12H2,1H3,(H,22,23,24);1H. The SMILES string of the molecule is CCCc1cc(N2CCCC2CO)nc(Nc2ccc(F)c(C#N)c2)n1.Cl. The van der Waals surface area contributed by atoms with Crippen LogP contribution in [0.5, 0.6) is 0 Å². The molecule has 144 valence electrons. The molecule has 0 bridgehead atoms. The number of rotatable bonds is 6. The van der Waals surface area contributed by atoms with Crippen LogP contribution in [0.15, 0.2) is 24.3 Å². The number of benzene rings is 1. The molecule has 1 aliphatic heterocycles. The fourth-order valence-corrected chi connectivity index (χ4v) is 3.22. The molecule has 0 amide bonds. The Morgan fingerprint density at radius 1 is 1.37 bits per heavy atom. The lowest BCUT2D eigenvalue weighted by Gasteiger charge is -2.25. The van der Waals surface area contributed by atoms with Crippen molar-refractivity contribution in [2.75, 3.05) is 23.4 Å². The molecule has 1 fully saturated rings. The highest BCUT2D eigenvalue weighted by atomic mass is 35.5. The number of hydrogen-bond donors (Lipinski definition) is 2. The van der Waals surface area contributed by atoms with Crippen LogP contribution in [0, 0.1) is 17.1 Å². The first-order valence-corrected chi connectivity index (χ1v) is 8.86. The number of aromatic nitrogens is 2. The summed E-state index contributed by atoms with van der Waals surface area (Å²) in [6.07, 6.45) is 3.73. The Labute approximate surface area is 164 Å². The van der Waals surface area contributed by atoms with Crippen LogP contribution in [-0.2, 0) is 6.42 Å². The maximum Gasteiger partial charge on any atom is 0.229 e. The molecule has 2 N–H and O–H groups in total. The Morgan fingerprint density at radius 2 is 2.19 bits per heavy atom. The van der Waals surface area contributed by atoms with E-state index in [4.69, 9.17) is 5.26 Å². The molecule has 3 rings (SSSR count). The van der Waals surface area contributed by atoms with Crippen molar-refractivity contribution in [1.29, 1.82) is 5.26 Å². The zero-order chi connectivity index (χ0) is 18.5. The minimum Gasteiger partial charge on any atom is -0.394 e. The number of nitrogens with one attached hydrogen (secondary N) is 1. The molecule has 0 radical (unpaired) electrons. The molecule has 0 saturated carbocycles. The van der Waals surface area contributed by atoms with Gasteiger partial charge in [-0.15, -0.1) is 12.4 Å². The van der Waals surface area contributed by atoms with Gasteiger partial charge in [-0.05, 0) is 37.5 Å². The third-order valence-corrected chi connectivity index (χ3v) is 4.50. The lowest BCUT2D eigenvalue weighted by Crippen LogP contribution is -2.33. The molecular formula is C19H23ClFN5O. The molecule has 1 atom stereocenters. The van der Waals surface area contributed by atoms with E-state index >= 15 is 0 Å². The lowest BCUT2D eigenvalue weighted by molar-refractivity contribution is 0.266. The van der Waals surface area contributed by atoms with Gasteiger partial charge in [0.15, 0.2) is 0 Å². The summed E-state index contributed by atoms with van der Waals surface area (Å²) in [4.78, 5) is 11.2. The van der Waals surface area contributed by atoms with E-state index in [-0.39, 0.29) is 30.6 Å². The Morgan fingerprint density at radius 3 is 2.89 bits per heavy atom. The van der Waals surface area contributed by atoms with Gasteiger partial charge >= 0.3 is 0 Å². The van der Waals surface area contributed by atoms with Crippen LogP contribution in [0.4, 0.5) is 21.8 Å². The monoisotopic (exact) mass is 391 g/mol. The van der Waals surface area contributed by atoms with Crippen LogP contribution >= 0.6 is 12.4 Å². The average molecular weight is 392 g/mol. The summed E-state index contributed by atoms with van der Waals surface area (Å²) < 4.78 is 13.5. The third kappa shape index (κ3) is 4.85. The molecule has 1 unspecified atom stereocenters. The first kappa shape index (κ1) is 20.9. The molecule has 1 aliphatic rings. The van der Waals surface area contributed by atoms with E-state index in [9.17, 15) is 9.50 Å². The Bertz CT molecular complexity index is 826. The summed E-state index contributed by atoms with van der Waals surface area (Å²) >= 11 is 0. The second-order valence-electron chi connectivity index (χ2n) is 6.39. The molecule has 6 nitrogen and oxygen atoms in total. The van der Waals surface area contributed by atoms with Gasteiger partial charge in [0.2, 0.25) is 5.95 Å². The molecule has 8 heteroatoms. The normalized spacial score (nSPS) is 15.9. The van der Waals surface area contributed by atoms with Crippen LogP contribution in [0.2, 0.25) is 0 Å². The lowest BCUT2D eigenvalue weighted by atomic mass is 10.2. The number of nitriles is 1. The summed E-state index contributed by atoms with van der Waals surface area (Å²) in [5.74, 6) is 0.636. The van der Waals surface area contributed by atoms with Crippen LogP contribution in [0.1, 0.15) is 37.4 Å². The molecule has 2 heterocycles. The number of nitrogens with zero attached hydrogens (tertiary/aromatic N) is 4. The first-order chi connectivity index (χ1) is 12.6. The molecule has 27 heavy (non-hydrogen) atoms. The number of aliphatic hydroxyl groups is 1. The highest BCUT2D eigenvalue weighted by Gasteiger charge is 2.25. The van der Waals surface area contributed by atoms with Gasteiger partial charge in [0.25, 0.3) is 0 Å². The van der Waals surface area contributed by atoms with Crippen molar-refractivity contribution in [3.8, 4) is 6.07 Å². The number of halogens is 2. The van der Waals surface area contributed by atoms with Gasteiger partial charge in [0.05, 0.1) is 18.2 Å². The van der Waals surface area contributed by atoms with Crippen molar-refractivity contribution >= 4 is 29.9 Å². The van der Waals surface area contributed by atoms with E-state index in [1.165, 1.54) is 12.1 Å². The third-order valence-electron chi connectivity index (χ3n) is 4.50. The summed E-state index contributed by atoms with van der Waals surface area (Å²) in [7, 11) is 0. The maximum atomic E-state index is 13.5. The van der Waals surface area contributed by atoms with Gasteiger partial charge in [-0.25, -0.2) is 9.37 Å². The van der Waals surface area contributed by atoms with Gasteiger partial charge in [-0.2, -0.15) is 10.2 Å². The summed E-state index contributed by atoms with van der Waals surface area (Å²) in [5, 5.41) is 21.7. The fraction of sp³-hybridized carbons (Fsp3) is 0.421. The van der Waals surface area contributed by atoms with E-state index in [1.807, 2.05) is 12.1 Å². The predicted molar refractivity (Wildman–Crippen MR) is 105 cm³/mol. The van der Waals surface area contributed by atoms with E-state index in [0.717, 1.165) is 43.7 Å². The van der Waals surface area contributed by atoms with E-state index in [0.29, 0.717) is 11.6 Å². The second kappa shape index (κ2) is 9.49. The molecule has 1 saturated heterocycles. The van der Waals surface area contributed by atoms with Gasteiger partial charge in [0, 0.05) is 24.0 Å². The molecular weight excluding hydrogens is 369 g/mol. The molecule has 0 spiro atoms. The summed E-state index contributed by atoms with van der Waals surface area (Å²) in [6, 6.07) is 8.11. The highest BCUT2D eigenvalue weighted by molar-refractivity contribution is 5.85. The van der Waals surface area contributed by atoms with Crippen LogP contribution < -0.4 is 10.2 Å². The van der Waals surface area contributed by atoms with Crippen molar-refractivity contribution in [2.24, 2.45) is 0 Å². The van der Waals surface area contributed by atoms with E-state index in [2.05, 4.69) is 27.1 Å². The van der Waals surface area contributed by atoms with Gasteiger partial charge < -0.3 is 15.3 Å².